The Kier molecular flexibility index (Phi) is 3.43. The second-order valence-corrected chi connectivity index (χ2v) is 3.61. The van der Waals surface area contributed by atoms with E-state index in [4.69, 9.17) is 5.73 Å². The number of rotatable bonds is 3. The van der Waals surface area contributed by atoms with Crippen LogP contribution in [0.3, 0.4) is 0 Å². The summed E-state index contributed by atoms with van der Waals surface area (Å²) in [6.45, 7) is 3.83. The van der Waals surface area contributed by atoms with Crippen LogP contribution in [0.25, 0.3) is 0 Å². The van der Waals surface area contributed by atoms with Gasteiger partial charge in [0.15, 0.2) is 0 Å². The van der Waals surface area contributed by atoms with Crippen molar-refractivity contribution < 1.29 is 14.4 Å². The number of carbonyl (C=O) groups excluding carboxylic acids is 2. The summed E-state index contributed by atoms with van der Waals surface area (Å²) in [6.07, 6.45) is 0. The fourth-order valence-electron chi connectivity index (χ4n) is 1.02. The lowest BCUT2D eigenvalue weighted by Crippen LogP contribution is -2.50. The Balaban J connectivity index is 2.44. The zero-order valence-corrected chi connectivity index (χ0v) is 8.24. The van der Waals surface area contributed by atoms with Gasteiger partial charge in [-0.1, -0.05) is 13.8 Å². The number of hydrogen-bond acceptors (Lipinski definition) is 4. The maximum Gasteiger partial charge on any atom is 0.268 e. The van der Waals surface area contributed by atoms with Crippen molar-refractivity contribution >= 4 is 11.8 Å². The predicted octanol–water partition coefficient (Wildman–Crippen LogP) is -1.48. The molecule has 0 spiro atoms. The van der Waals surface area contributed by atoms with Crippen LogP contribution < -0.4 is 16.5 Å². The molecule has 1 aliphatic rings. The molecule has 1 aliphatic heterocycles. The van der Waals surface area contributed by atoms with Crippen LogP contribution in [0, 0.1) is 5.92 Å². The van der Waals surface area contributed by atoms with Crippen LogP contribution in [0.15, 0.2) is 0 Å². The topological polar surface area (TPSA) is 93.5 Å². The molecular weight excluding hydrogens is 186 g/mol. The van der Waals surface area contributed by atoms with Crippen molar-refractivity contribution in [2.45, 2.75) is 25.9 Å². The van der Waals surface area contributed by atoms with Crippen molar-refractivity contribution in [1.82, 2.24) is 10.8 Å². The predicted molar refractivity (Wildman–Crippen MR) is 48.8 cm³/mol. The highest BCUT2D eigenvalue weighted by molar-refractivity contribution is 5.90. The van der Waals surface area contributed by atoms with E-state index < -0.39 is 12.1 Å². The van der Waals surface area contributed by atoms with Gasteiger partial charge in [-0.3, -0.25) is 14.4 Å². The second-order valence-electron chi connectivity index (χ2n) is 3.61. The molecule has 0 aliphatic carbocycles. The second kappa shape index (κ2) is 4.39. The smallest absolute Gasteiger partial charge is 0.268 e. The zero-order chi connectivity index (χ0) is 10.7. The molecule has 80 valence electrons. The van der Waals surface area contributed by atoms with Crippen molar-refractivity contribution in [2.75, 3.05) is 6.61 Å². The molecule has 14 heavy (non-hydrogen) atoms. The van der Waals surface area contributed by atoms with Crippen LogP contribution in [-0.4, -0.2) is 30.5 Å². The lowest BCUT2D eigenvalue weighted by atomic mass is 10.0. The molecule has 1 saturated heterocycles. The van der Waals surface area contributed by atoms with E-state index in [-0.39, 0.29) is 24.3 Å². The summed E-state index contributed by atoms with van der Waals surface area (Å²) in [5.74, 6) is -0.625. The highest BCUT2D eigenvalue weighted by atomic mass is 16.7. The van der Waals surface area contributed by atoms with Gasteiger partial charge >= 0.3 is 0 Å². The Labute approximate surface area is 82.1 Å². The lowest BCUT2D eigenvalue weighted by molar-refractivity contribution is -0.129. The van der Waals surface area contributed by atoms with Crippen LogP contribution in [0.5, 0.6) is 0 Å². The molecule has 0 saturated carbocycles. The average Bonchev–Trinajstić information content (AvgIpc) is 2.50. The summed E-state index contributed by atoms with van der Waals surface area (Å²) in [7, 11) is 0. The Morgan fingerprint density at radius 3 is 2.79 bits per heavy atom. The number of amides is 2. The number of hydroxylamine groups is 1. The molecule has 1 heterocycles. The molecule has 1 fully saturated rings. The fraction of sp³-hybridized carbons (Fsp3) is 0.750. The summed E-state index contributed by atoms with van der Waals surface area (Å²) in [4.78, 5) is 27.1. The van der Waals surface area contributed by atoms with Gasteiger partial charge in [-0.15, -0.1) is 0 Å². The summed E-state index contributed by atoms with van der Waals surface area (Å²) in [6, 6.07) is -1.21. The van der Waals surface area contributed by atoms with Crippen LogP contribution in [-0.2, 0) is 14.4 Å². The summed E-state index contributed by atoms with van der Waals surface area (Å²) >= 11 is 0. The van der Waals surface area contributed by atoms with Crippen LogP contribution in [0.4, 0.5) is 0 Å². The first kappa shape index (κ1) is 10.9. The molecule has 0 aromatic carbocycles. The Hall–Kier alpha value is -1.14. The standard InChI is InChI=1S/C8H15N3O3/c1-4(2)6(9)8(13)10-5-3-14-11-7(5)12/h4-6H,3,9H2,1-2H3,(H,10,13)(H,11,12)/t5-,6-/m1/s1. The third kappa shape index (κ3) is 2.43. The third-order valence-electron chi connectivity index (χ3n) is 2.08. The molecule has 6 heteroatoms. The van der Waals surface area contributed by atoms with Gasteiger partial charge in [0.05, 0.1) is 6.04 Å². The Morgan fingerprint density at radius 2 is 2.36 bits per heavy atom. The van der Waals surface area contributed by atoms with Gasteiger partial charge in [0.25, 0.3) is 5.91 Å². The number of nitrogens with one attached hydrogen (secondary N) is 2. The maximum absolute atomic E-state index is 11.4. The van der Waals surface area contributed by atoms with Gasteiger partial charge < -0.3 is 11.1 Å². The molecule has 2 amide bonds. The zero-order valence-electron chi connectivity index (χ0n) is 8.24. The molecule has 2 atom stereocenters. The van der Waals surface area contributed by atoms with Gasteiger partial charge in [-0.05, 0) is 5.92 Å². The fourth-order valence-corrected chi connectivity index (χ4v) is 1.02. The largest absolute Gasteiger partial charge is 0.341 e. The van der Waals surface area contributed by atoms with Crippen LogP contribution in [0.2, 0.25) is 0 Å². The minimum Gasteiger partial charge on any atom is -0.341 e. The lowest BCUT2D eigenvalue weighted by Gasteiger charge is -2.16. The third-order valence-corrected chi connectivity index (χ3v) is 2.08. The van der Waals surface area contributed by atoms with E-state index in [1.807, 2.05) is 13.8 Å². The molecule has 0 aromatic heterocycles. The highest BCUT2D eigenvalue weighted by Gasteiger charge is 2.29. The van der Waals surface area contributed by atoms with E-state index in [1.165, 1.54) is 0 Å². The molecule has 0 unspecified atom stereocenters. The van der Waals surface area contributed by atoms with E-state index in [1.54, 1.807) is 0 Å². The van der Waals surface area contributed by atoms with Crippen molar-refractivity contribution in [3.05, 3.63) is 0 Å². The van der Waals surface area contributed by atoms with E-state index >= 15 is 0 Å². The molecule has 0 aromatic rings. The molecule has 0 radical (unpaired) electrons. The van der Waals surface area contributed by atoms with Gasteiger partial charge in [-0.25, -0.2) is 5.48 Å². The van der Waals surface area contributed by atoms with Gasteiger partial charge in [0.2, 0.25) is 5.91 Å². The van der Waals surface area contributed by atoms with Crippen molar-refractivity contribution in [1.29, 1.82) is 0 Å². The molecule has 0 bridgehead atoms. The monoisotopic (exact) mass is 201 g/mol. The van der Waals surface area contributed by atoms with Crippen molar-refractivity contribution in [3.8, 4) is 0 Å². The summed E-state index contributed by atoms with van der Waals surface area (Å²) in [5, 5.41) is 2.51. The molecule has 4 N–H and O–H groups in total. The molecule has 6 nitrogen and oxygen atoms in total. The normalized spacial score (nSPS) is 23.4. The first-order chi connectivity index (χ1) is 6.52. The van der Waals surface area contributed by atoms with Gasteiger partial charge in [-0.2, -0.15) is 0 Å². The quantitative estimate of drug-likeness (QED) is 0.519. The Bertz CT molecular complexity index is 242. The summed E-state index contributed by atoms with van der Waals surface area (Å²) < 4.78 is 0. The SMILES string of the molecule is CC(C)[C@@H](N)C(=O)N[C@@H]1CONC1=O. The Morgan fingerprint density at radius 1 is 1.71 bits per heavy atom. The van der Waals surface area contributed by atoms with E-state index in [0.717, 1.165) is 0 Å². The van der Waals surface area contributed by atoms with E-state index in [2.05, 4.69) is 15.6 Å². The highest BCUT2D eigenvalue weighted by Crippen LogP contribution is 2.00. The number of carbonyl (C=O) groups is 2. The first-order valence-corrected chi connectivity index (χ1v) is 4.50. The average molecular weight is 201 g/mol. The minimum atomic E-state index is -0.618. The van der Waals surface area contributed by atoms with Crippen LogP contribution >= 0.6 is 0 Å². The van der Waals surface area contributed by atoms with Gasteiger partial charge in [0, 0.05) is 0 Å². The number of hydrogen-bond donors (Lipinski definition) is 3. The molecular formula is C8H15N3O3. The van der Waals surface area contributed by atoms with E-state index in [0.29, 0.717) is 0 Å². The summed E-state index contributed by atoms with van der Waals surface area (Å²) in [5.41, 5.74) is 7.75. The number of nitrogens with two attached hydrogens (primary N) is 1. The van der Waals surface area contributed by atoms with Crippen molar-refractivity contribution in [2.24, 2.45) is 11.7 Å². The molecule has 1 rings (SSSR count). The van der Waals surface area contributed by atoms with Crippen molar-refractivity contribution in [3.63, 3.8) is 0 Å². The first-order valence-electron chi connectivity index (χ1n) is 4.50. The van der Waals surface area contributed by atoms with E-state index in [9.17, 15) is 9.59 Å². The minimum absolute atomic E-state index is 0.0420. The van der Waals surface area contributed by atoms with Crippen LogP contribution in [0.1, 0.15) is 13.8 Å². The van der Waals surface area contributed by atoms with Gasteiger partial charge in [0.1, 0.15) is 12.6 Å². The maximum atomic E-state index is 11.4.